The van der Waals surface area contributed by atoms with Crippen molar-refractivity contribution in [1.29, 1.82) is 0 Å². The van der Waals surface area contributed by atoms with Gasteiger partial charge in [0, 0.05) is 11.5 Å². The van der Waals surface area contributed by atoms with E-state index >= 15 is 0 Å². The molecule has 0 aromatic heterocycles. The fourth-order valence-electron chi connectivity index (χ4n) is 3.36. The predicted octanol–water partition coefficient (Wildman–Crippen LogP) is 5.93. The SMILES string of the molecule is CC(C)/C=C/c1ccc2c(c1)[C@@H](C(C)C)[C@H](c1ccc(O)cc1)O2. The molecule has 1 N–H and O–H groups in total. The van der Waals surface area contributed by atoms with Gasteiger partial charge in [-0.1, -0.05) is 58.0 Å². The number of fused-ring (bicyclic) bond motifs is 1. The van der Waals surface area contributed by atoms with Gasteiger partial charge in [-0.15, -0.1) is 0 Å². The van der Waals surface area contributed by atoms with E-state index in [2.05, 4.69) is 58.0 Å². The molecule has 2 heteroatoms. The van der Waals surface area contributed by atoms with Crippen LogP contribution in [0.15, 0.2) is 48.5 Å². The second-order valence-corrected chi connectivity index (χ2v) is 7.30. The molecule has 0 bridgehead atoms. The number of hydrogen-bond donors (Lipinski definition) is 1. The highest BCUT2D eigenvalue weighted by atomic mass is 16.5. The van der Waals surface area contributed by atoms with Gasteiger partial charge in [-0.05, 0) is 47.2 Å². The molecule has 0 saturated heterocycles. The maximum atomic E-state index is 9.54. The Morgan fingerprint density at radius 2 is 1.71 bits per heavy atom. The maximum absolute atomic E-state index is 9.54. The first-order valence-electron chi connectivity index (χ1n) is 8.73. The molecule has 0 aliphatic carbocycles. The van der Waals surface area contributed by atoms with Crippen molar-refractivity contribution in [1.82, 2.24) is 0 Å². The van der Waals surface area contributed by atoms with Gasteiger partial charge in [0.2, 0.25) is 0 Å². The Bertz CT molecular complexity index is 726. The Morgan fingerprint density at radius 1 is 1.00 bits per heavy atom. The van der Waals surface area contributed by atoms with Gasteiger partial charge in [0.15, 0.2) is 0 Å². The van der Waals surface area contributed by atoms with Crippen molar-refractivity contribution in [3.8, 4) is 11.5 Å². The number of hydrogen-bond acceptors (Lipinski definition) is 2. The highest BCUT2D eigenvalue weighted by Gasteiger charge is 2.37. The van der Waals surface area contributed by atoms with E-state index in [0.29, 0.717) is 17.8 Å². The summed E-state index contributed by atoms with van der Waals surface area (Å²) in [4.78, 5) is 0. The fraction of sp³-hybridized carbons (Fsp3) is 0.364. The summed E-state index contributed by atoms with van der Waals surface area (Å²) >= 11 is 0. The number of phenolic OH excluding ortho intramolecular Hbond substituents is 1. The minimum Gasteiger partial charge on any atom is -0.508 e. The Kier molecular flexibility index (Phi) is 4.66. The molecule has 2 atom stereocenters. The largest absolute Gasteiger partial charge is 0.508 e. The van der Waals surface area contributed by atoms with E-state index in [9.17, 15) is 5.11 Å². The van der Waals surface area contributed by atoms with Gasteiger partial charge in [-0.3, -0.25) is 0 Å². The van der Waals surface area contributed by atoms with Crippen molar-refractivity contribution >= 4 is 6.08 Å². The van der Waals surface area contributed by atoms with Gasteiger partial charge in [-0.2, -0.15) is 0 Å². The van der Waals surface area contributed by atoms with Crippen LogP contribution in [-0.2, 0) is 0 Å². The minimum atomic E-state index is 0.00456. The normalized spacial score (nSPS) is 19.9. The lowest BCUT2D eigenvalue weighted by molar-refractivity contribution is 0.187. The molecule has 0 unspecified atom stereocenters. The van der Waals surface area contributed by atoms with E-state index in [0.717, 1.165) is 11.3 Å². The first-order chi connectivity index (χ1) is 11.5. The van der Waals surface area contributed by atoms with Gasteiger partial charge < -0.3 is 9.84 Å². The zero-order valence-corrected chi connectivity index (χ0v) is 14.9. The van der Waals surface area contributed by atoms with Gasteiger partial charge in [-0.25, -0.2) is 0 Å². The summed E-state index contributed by atoms with van der Waals surface area (Å²) in [7, 11) is 0. The fourth-order valence-corrected chi connectivity index (χ4v) is 3.36. The van der Waals surface area contributed by atoms with Gasteiger partial charge in [0.1, 0.15) is 17.6 Å². The summed E-state index contributed by atoms with van der Waals surface area (Å²) in [5.74, 6) is 2.59. The van der Waals surface area contributed by atoms with Crippen LogP contribution in [0.3, 0.4) is 0 Å². The lowest BCUT2D eigenvalue weighted by Gasteiger charge is -2.23. The number of rotatable bonds is 4. The third-order valence-electron chi connectivity index (χ3n) is 4.59. The van der Waals surface area contributed by atoms with Crippen LogP contribution < -0.4 is 4.74 Å². The molecule has 24 heavy (non-hydrogen) atoms. The Balaban J connectivity index is 1.96. The second kappa shape index (κ2) is 6.72. The zero-order chi connectivity index (χ0) is 17.3. The lowest BCUT2D eigenvalue weighted by Crippen LogP contribution is -2.14. The predicted molar refractivity (Wildman–Crippen MR) is 99.4 cm³/mol. The van der Waals surface area contributed by atoms with Crippen LogP contribution >= 0.6 is 0 Å². The summed E-state index contributed by atoms with van der Waals surface area (Å²) in [6.45, 7) is 8.86. The molecule has 2 aromatic rings. The van der Waals surface area contributed by atoms with Crippen LogP contribution in [0.1, 0.15) is 56.4 Å². The quantitative estimate of drug-likeness (QED) is 0.755. The van der Waals surface area contributed by atoms with Gasteiger partial charge in [0.05, 0.1) is 0 Å². The van der Waals surface area contributed by atoms with E-state index < -0.39 is 0 Å². The van der Waals surface area contributed by atoms with E-state index in [4.69, 9.17) is 4.74 Å². The van der Waals surface area contributed by atoms with Crippen molar-refractivity contribution in [3.05, 3.63) is 65.2 Å². The van der Waals surface area contributed by atoms with Crippen LogP contribution in [0.25, 0.3) is 6.08 Å². The molecule has 0 amide bonds. The van der Waals surface area contributed by atoms with Crippen molar-refractivity contribution in [2.75, 3.05) is 0 Å². The Labute approximate surface area is 144 Å². The molecule has 0 fully saturated rings. The van der Waals surface area contributed by atoms with Gasteiger partial charge in [0.25, 0.3) is 0 Å². The molecule has 2 nitrogen and oxygen atoms in total. The summed E-state index contributed by atoms with van der Waals surface area (Å²) in [6.07, 6.45) is 4.42. The monoisotopic (exact) mass is 322 g/mol. The Hall–Kier alpha value is -2.22. The second-order valence-electron chi connectivity index (χ2n) is 7.30. The molecule has 3 rings (SSSR count). The van der Waals surface area contributed by atoms with Crippen LogP contribution in [0, 0.1) is 11.8 Å². The summed E-state index contributed by atoms with van der Waals surface area (Å²) in [6, 6.07) is 13.9. The van der Waals surface area contributed by atoms with Crippen LogP contribution in [-0.4, -0.2) is 5.11 Å². The molecule has 126 valence electrons. The average molecular weight is 322 g/mol. The third-order valence-corrected chi connectivity index (χ3v) is 4.59. The number of allylic oxidation sites excluding steroid dienone is 1. The Morgan fingerprint density at radius 3 is 2.33 bits per heavy atom. The maximum Gasteiger partial charge on any atom is 0.131 e. The van der Waals surface area contributed by atoms with Crippen molar-refractivity contribution < 1.29 is 9.84 Å². The molecule has 0 saturated carbocycles. The average Bonchev–Trinajstić information content (AvgIpc) is 2.92. The molecular formula is C22H26O2. The smallest absolute Gasteiger partial charge is 0.131 e. The number of phenols is 1. The molecule has 2 aromatic carbocycles. The van der Waals surface area contributed by atoms with Crippen molar-refractivity contribution in [2.45, 2.75) is 39.7 Å². The van der Waals surface area contributed by atoms with Crippen molar-refractivity contribution in [3.63, 3.8) is 0 Å². The summed E-state index contributed by atoms with van der Waals surface area (Å²) in [5, 5.41) is 9.54. The molecule has 1 aliphatic rings. The van der Waals surface area contributed by atoms with E-state index in [1.54, 1.807) is 12.1 Å². The van der Waals surface area contributed by atoms with Gasteiger partial charge >= 0.3 is 0 Å². The summed E-state index contributed by atoms with van der Waals surface area (Å²) < 4.78 is 6.28. The highest BCUT2D eigenvalue weighted by molar-refractivity contribution is 5.56. The van der Waals surface area contributed by atoms with Crippen LogP contribution in [0.5, 0.6) is 11.5 Å². The zero-order valence-electron chi connectivity index (χ0n) is 14.9. The molecule has 1 aliphatic heterocycles. The topological polar surface area (TPSA) is 29.5 Å². The van der Waals surface area contributed by atoms with Crippen LogP contribution in [0.4, 0.5) is 0 Å². The summed E-state index contributed by atoms with van der Waals surface area (Å²) in [5.41, 5.74) is 3.62. The van der Waals surface area contributed by atoms with Crippen molar-refractivity contribution in [2.24, 2.45) is 11.8 Å². The molecule has 0 radical (unpaired) electrons. The number of benzene rings is 2. The third kappa shape index (κ3) is 3.33. The minimum absolute atomic E-state index is 0.00456. The molecule has 0 spiro atoms. The van der Waals surface area contributed by atoms with E-state index in [1.165, 1.54) is 11.1 Å². The van der Waals surface area contributed by atoms with E-state index in [-0.39, 0.29) is 11.9 Å². The number of aromatic hydroxyl groups is 1. The number of ether oxygens (including phenoxy) is 1. The lowest BCUT2D eigenvalue weighted by atomic mass is 9.82. The highest BCUT2D eigenvalue weighted by Crippen LogP contribution is 2.50. The molecule has 1 heterocycles. The first-order valence-corrected chi connectivity index (χ1v) is 8.73. The van der Waals surface area contributed by atoms with Crippen LogP contribution in [0.2, 0.25) is 0 Å². The van der Waals surface area contributed by atoms with E-state index in [1.807, 2.05) is 12.1 Å². The standard InChI is InChI=1S/C22H26O2/c1-14(2)5-6-16-7-12-20-19(13-16)21(15(3)4)22(24-20)17-8-10-18(23)11-9-17/h5-15,21-23H,1-4H3/b6-5+/t21-,22+/m1/s1. The molecular weight excluding hydrogens is 296 g/mol. The first kappa shape index (κ1) is 16.6.